The molecule has 0 atom stereocenters. The molecule has 0 fully saturated rings. The van der Waals surface area contributed by atoms with Crippen LogP contribution in [0.4, 0.5) is 5.69 Å². The molecule has 110 valence electrons. The molecule has 6 N–H and O–H groups in total. The number of amides is 1. The average molecular weight is 307 g/mol. The van der Waals surface area contributed by atoms with Gasteiger partial charge in [0.15, 0.2) is 0 Å². The predicted octanol–water partition coefficient (Wildman–Crippen LogP) is 0.807. The molecule has 0 bridgehead atoms. The van der Waals surface area contributed by atoms with Crippen molar-refractivity contribution >= 4 is 21.6 Å². The van der Waals surface area contributed by atoms with Crippen LogP contribution in [0.15, 0.2) is 47.4 Å². The lowest BCUT2D eigenvalue weighted by Crippen LogP contribution is -2.14. The summed E-state index contributed by atoms with van der Waals surface area (Å²) in [6.45, 7) is 0. The molecule has 0 heterocycles. The van der Waals surface area contributed by atoms with E-state index in [0.717, 1.165) is 0 Å². The van der Waals surface area contributed by atoms with Crippen LogP contribution >= 0.6 is 0 Å². The van der Waals surface area contributed by atoms with Gasteiger partial charge in [-0.25, -0.2) is 13.6 Å². The predicted molar refractivity (Wildman–Crippen MR) is 77.3 cm³/mol. The zero-order valence-corrected chi connectivity index (χ0v) is 11.6. The highest BCUT2D eigenvalue weighted by atomic mass is 32.2. The zero-order chi connectivity index (χ0) is 15.6. The van der Waals surface area contributed by atoms with Gasteiger partial charge in [0.25, 0.3) is 0 Å². The molecule has 1 amide bonds. The minimum atomic E-state index is -4.00. The number of benzene rings is 2. The fraction of sp³-hybridized carbons (Fsp3) is 0. The van der Waals surface area contributed by atoms with Gasteiger partial charge in [0, 0.05) is 11.3 Å². The van der Waals surface area contributed by atoms with Crippen LogP contribution in [0.3, 0.4) is 0 Å². The summed E-state index contributed by atoms with van der Waals surface area (Å²) in [5.41, 5.74) is 11.2. The minimum absolute atomic E-state index is 0.00770. The first-order valence-corrected chi connectivity index (χ1v) is 7.32. The molecule has 2 aromatic carbocycles. The van der Waals surface area contributed by atoms with Crippen molar-refractivity contribution in [2.45, 2.75) is 4.90 Å². The molecular formula is C13H13N3O4S. The van der Waals surface area contributed by atoms with E-state index in [4.69, 9.17) is 21.3 Å². The first kappa shape index (κ1) is 14.8. The number of sulfonamides is 1. The van der Waals surface area contributed by atoms with Gasteiger partial charge in [-0.15, -0.1) is 0 Å². The molecule has 7 nitrogen and oxygen atoms in total. The molecule has 0 saturated carbocycles. The molecular weight excluding hydrogens is 294 g/mol. The maximum absolute atomic E-state index is 11.5. The van der Waals surface area contributed by atoms with E-state index in [1.165, 1.54) is 30.3 Å². The summed E-state index contributed by atoms with van der Waals surface area (Å²) in [7, 11) is -4.00. The summed E-state index contributed by atoms with van der Waals surface area (Å²) < 4.78 is 28.5. The van der Waals surface area contributed by atoms with E-state index in [9.17, 15) is 13.2 Å². The molecule has 2 aromatic rings. The molecule has 8 heteroatoms. The van der Waals surface area contributed by atoms with Gasteiger partial charge < -0.3 is 16.2 Å². The lowest BCUT2D eigenvalue weighted by Gasteiger charge is -2.11. The van der Waals surface area contributed by atoms with Crippen molar-refractivity contribution in [2.24, 2.45) is 10.9 Å². The van der Waals surface area contributed by atoms with Gasteiger partial charge in [-0.3, -0.25) is 4.79 Å². The van der Waals surface area contributed by atoms with E-state index < -0.39 is 15.9 Å². The number of nitrogens with two attached hydrogens (primary N) is 3. The van der Waals surface area contributed by atoms with Crippen LogP contribution in [-0.4, -0.2) is 14.3 Å². The van der Waals surface area contributed by atoms with Gasteiger partial charge >= 0.3 is 0 Å². The fourth-order valence-corrected chi connectivity index (χ4v) is 2.36. The summed E-state index contributed by atoms with van der Waals surface area (Å²) in [5, 5.41) is 5.12. The highest BCUT2D eigenvalue weighted by Gasteiger charge is 2.16. The van der Waals surface area contributed by atoms with Crippen molar-refractivity contribution in [1.29, 1.82) is 0 Å². The minimum Gasteiger partial charge on any atom is -0.456 e. The smallest absolute Gasteiger partial charge is 0.248 e. The number of primary sulfonamides is 1. The van der Waals surface area contributed by atoms with E-state index in [1.54, 1.807) is 12.1 Å². The second-order valence-corrected chi connectivity index (χ2v) is 5.78. The molecule has 0 aliphatic rings. The van der Waals surface area contributed by atoms with Gasteiger partial charge in [0.05, 0.1) is 0 Å². The molecule has 0 unspecified atom stereocenters. The Bertz CT molecular complexity index is 803. The molecule has 2 rings (SSSR count). The molecule has 0 aromatic heterocycles. The third kappa shape index (κ3) is 3.50. The maximum Gasteiger partial charge on any atom is 0.248 e. The lowest BCUT2D eigenvalue weighted by molar-refractivity contribution is 0.1000. The Morgan fingerprint density at radius 2 is 1.81 bits per heavy atom. The molecule has 0 radical (unpaired) electrons. The number of nitrogen functional groups attached to an aromatic ring is 1. The van der Waals surface area contributed by atoms with Gasteiger partial charge in [-0.05, 0) is 36.4 Å². The van der Waals surface area contributed by atoms with Crippen LogP contribution in [0, 0.1) is 0 Å². The topological polar surface area (TPSA) is 138 Å². The van der Waals surface area contributed by atoms with E-state index >= 15 is 0 Å². The Morgan fingerprint density at radius 3 is 2.43 bits per heavy atom. The summed E-state index contributed by atoms with van der Waals surface area (Å²) in [6.07, 6.45) is 0. The Morgan fingerprint density at radius 1 is 1.10 bits per heavy atom. The molecule has 0 spiro atoms. The highest BCUT2D eigenvalue weighted by molar-refractivity contribution is 7.89. The molecule has 0 aliphatic carbocycles. The van der Waals surface area contributed by atoms with Crippen molar-refractivity contribution in [3.05, 3.63) is 48.0 Å². The highest BCUT2D eigenvalue weighted by Crippen LogP contribution is 2.30. The first-order valence-electron chi connectivity index (χ1n) is 5.77. The average Bonchev–Trinajstić information content (AvgIpc) is 2.40. The Kier molecular flexibility index (Phi) is 3.83. The van der Waals surface area contributed by atoms with Crippen molar-refractivity contribution < 1.29 is 17.9 Å². The number of hydrogen-bond donors (Lipinski definition) is 3. The number of ether oxygens (including phenoxy) is 1. The molecule has 21 heavy (non-hydrogen) atoms. The van der Waals surface area contributed by atoms with Crippen molar-refractivity contribution in [1.82, 2.24) is 0 Å². The summed E-state index contributed by atoms with van der Waals surface area (Å²) >= 11 is 0. The molecule has 0 saturated heterocycles. The maximum atomic E-state index is 11.5. The Hall–Kier alpha value is -2.58. The lowest BCUT2D eigenvalue weighted by atomic mass is 10.2. The van der Waals surface area contributed by atoms with Gasteiger partial charge in [0.2, 0.25) is 15.9 Å². The Labute approximate surface area is 121 Å². The fourth-order valence-electron chi connectivity index (χ4n) is 1.67. The van der Waals surface area contributed by atoms with Crippen LogP contribution in [0.5, 0.6) is 11.5 Å². The monoisotopic (exact) mass is 307 g/mol. The van der Waals surface area contributed by atoms with Crippen LogP contribution in [0.2, 0.25) is 0 Å². The number of carbonyl (C=O) groups is 1. The van der Waals surface area contributed by atoms with Crippen LogP contribution < -0.4 is 21.3 Å². The normalized spacial score (nSPS) is 11.1. The number of hydrogen-bond acceptors (Lipinski definition) is 5. The number of rotatable bonds is 4. The van der Waals surface area contributed by atoms with E-state index in [2.05, 4.69) is 0 Å². The number of primary amides is 1. The third-order valence-electron chi connectivity index (χ3n) is 2.62. The number of anilines is 1. The van der Waals surface area contributed by atoms with E-state index in [0.29, 0.717) is 0 Å². The van der Waals surface area contributed by atoms with E-state index in [1.807, 2.05) is 0 Å². The zero-order valence-electron chi connectivity index (χ0n) is 10.8. The van der Waals surface area contributed by atoms with Crippen LogP contribution in [0.1, 0.15) is 10.4 Å². The number of carbonyl (C=O) groups excluding carboxylic acids is 1. The summed E-state index contributed by atoms with van der Waals surface area (Å²) in [4.78, 5) is 10.9. The van der Waals surface area contributed by atoms with E-state index in [-0.39, 0.29) is 27.6 Å². The quantitative estimate of drug-likeness (QED) is 0.717. The van der Waals surface area contributed by atoms with Gasteiger partial charge in [0.1, 0.15) is 16.4 Å². The first-order chi connectivity index (χ1) is 9.77. The van der Waals surface area contributed by atoms with Crippen molar-refractivity contribution in [3.63, 3.8) is 0 Å². The second kappa shape index (κ2) is 5.43. The van der Waals surface area contributed by atoms with Crippen LogP contribution in [0.25, 0.3) is 0 Å². The SMILES string of the molecule is NC(=O)c1cccc(Oc2ccc(N)cc2S(N)(=O)=O)c1. The summed E-state index contributed by atoms with van der Waals surface area (Å²) in [5.74, 6) is -0.362. The Balaban J connectivity index is 2.45. The van der Waals surface area contributed by atoms with Crippen LogP contribution in [-0.2, 0) is 10.0 Å². The standard InChI is InChI=1S/C13H13N3O4S/c14-9-4-5-11(12(7-9)21(16,18)19)20-10-3-1-2-8(6-10)13(15)17/h1-7H,14H2,(H2,15,17)(H2,16,18,19). The summed E-state index contributed by atoms with van der Waals surface area (Å²) in [6, 6.07) is 10.1. The van der Waals surface area contributed by atoms with Crippen molar-refractivity contribution in [2.75, 3.05) is 5.73 Å². The largest absolute Gasteiger partial charge is 0.456 e. The second-order valence-electron chi connectivity index (χ2n) is 4.25. The van der Waals surface area contributed by atoms with Gasteiger partial charge in [-0.2, -0.15) is 0 Å². The molecule has 0 aliphatic heterocycles. The van der Waals surface area contributed by atoms with Gasteiger partial charge in [-0.1, -0.05) is 6.07 Å². The van der Waals surface area contributed by atoms with Crippen molar-refractivity contribution in [3.8, 4) is 11.5 Å². The third-order valence-corrected chi connectivity index (χ3v) is 3.55.